The van der Waals surface area contributed by atoms with Gasteiger partial charge in [0.2, 0.25) is 0 Å². The van der Waals surface area contributed by atoms with E-state index >= 15 is 0 Å². The highest BCUT2D eigenvalue weighted by Gasteiger charge is 2.07. The summed E-state index contributed by atoms with van der Waals surface area (Å²) in [4.78, 5) is 12.3. The molecule has 134 valence electrons. The highest BCUT2D eigenvalue weighted by molar-refractivity contribution is 6.04. The molecule has 0 heterocycles. The molecule has 0 atom stereocenters. The highest BCUT2D eigenvalue weighted by Crippen LogP contribution is 2.19. The fraction of sp³-hybridized carbons (Fsp3) is 0.381. The van der Waals surface area contributed by atoms with Crippen molar-refractivity contribution in [2.24, 2.45) is 0 Å². The van der Waals surface area contributed by atoms with Gasteiger partial charge in [-0.3, -0.25) is 4.79 Å². The molecule has 0 aromatic heterocycles. The van der Waals surface area contributed by atoms with Gasteiger partial charge in [-0.1, -0.05) is 38.7 Å². The maximum atomic E-state index is 12.3. The van der Waals surface area contributed by atoms with Crippen molar-refractivity contribution in [1.29, 1.82) is 0 Å². The molecule has 0 bridgehead atoms. The normalized spacial score (nSPS) is 10.3. The fourth-order valence-corrected chi connectivity index (χ4v) is 2.50. The molecule has 0 unspecified atom stereocenters. The van der Waals surface area contributed by atoms with Crippen molar-refractivity contribution in [2.45, 2.75) is 39.0 Å². The van der Waals surface area contributed by atoms with Crippen LogP contribution in [0.5, 0.6) is 11.5 Å². The van der Waals surface area contributed by atoms with E-state index in [0.717, 1.165) is 23.6 Å². The Morgan fingerprint density at radius 3 is 2.44 bits per heavy atom. The number of rotatable bonds is 10. The maximum absolute atomic E-state index is 12.3. The monoisotopic (exact) mass is 341 g/mol. The lowest BCUT2D eigenvalue weighted by Gasteiger charge is -2.09. The van der Waals surface area contributed by atoms with Gasteiger partial charge in [0.05, 0.1) is 13.7 Å². The quantitative estimate of drug-likeness (QED) is 0.597. The van der Waals surface area contributed by atoms with Crippen LogP contribution in [0.3, 0.4) is 0 Å². The second-order valence-electron chi connectivity index (χ2n) is 5.97. The summed E-state index contributed by atoms with van der Waals surface area (Å²) in [7, 11) is 1.60. The van der Waals surface area contributed by atoms with Crippen LogP contribution in [0.15, 0.2) is 48.5 Å². The Labute approximate surface area is 150 Å². The summed E-state index contributed by atoms with van der Waals surface area (Å²) >= 11 is 0. The van der Waals surface area contributed by atoms with Gasteiger partial charge in [0, 0.05) is 17.3 Å². The summed E-state index contributed by atoms with van der Waals surface area (Å²) in [6.07, 6.45) is 6.05. The number of methoxy groups -OCH3 is 1. The lowest BCUT2D eigenvalue weighted by Crippen LogP contribution is -2.11. The van der Waals surface area contributed by atoms with Crippen LogP contribution in [0.25, 0.3) is 0 Å². The van der Waals surface area contributed by atoms with E-state index in [2.05, 4.69) is 12.2 Å². The van der Waals surface area contributed by atoms with Crippen molar-refractivity contribution >= 4 is 11.6 Å². The van der Waals surface area contributed by atoms with Gasteiger partial charge < -0.3 is 14.8 Å². The minimum atomic E-state index is -0.153. The number of hydrogen-bond acceptors (Lipinski definition) is 3. The molecule has 0 saturated carbocycles. The molecule has 0 spiro atoms. The first kappa shape index (κ1) is 18.8. The number of amides is 1. The van der Waals surface area contributed by atoms with Crippen LogP contribution in [0.2, 0.25) is 0 Å². The summed E-state index contributed by atoms with van der Waals surface area (Å²) in [5, 5.41) is 2.89. The van der Waals surface area contributed by atoms with E-state index in [-0.39, 0.29) is 5.91 Å². The second kappa shape index (κ2) is 10.4. The summed E-state index contributed by atoms with van der Waals surface area (Å²) in [5.41, 5.74) is 1.31. The predicted octanol–water partition coefficient (Wildman–Crippen LogP) is 5.30. The molecule has 0 radical (unpaired) electrons. The van der Waals surface area contributed by atoms with Gasteiger partial charge in [0.25, 0.3) is 5.91 Å². The van der Waals surface area contributed by atoms with E-state index in [0.29, 0.717) is 12.2 Å². The molecule has 0 fully saturated rings. The van der Waals surface area contributed by atoms with E-state index in [1.54, 1.807) is 31.4 Å². The van der Waals surface area contributed by atoms with E-state index in [9.17, 15) is 4.79 Å². The van der Waals surface area contributed by atoms with Crippen molar-refractivity contribution in [3.8, 4) is 11.5 Å². The van der Waals surface area contributed by atoms with Crippen molar-refractivity contribution in [2.75, 3.05) is 19.0 Å². The number of hydrogen-bond donors (Lipinski definition) is 1. The summed E-state index contributed by atoms with van der Waals surface area (Å²) in [6.45, 7) is 2.92. The standard InChI is InChI=1S/C21H27NO3/c1-3-4-5-6-7-15-25-20-10-8-9-18(16-20)22-21(23)17-11-13-19(24-2)14-12-17/h8-14,16H,3-7,15H2,1-2H3,(H,22,23). The number of carbonyl (C=O) groups excluding carboxylic acids is 1. The lowest BCUT2D eigenvalue weighted by molar-refractivity contribution is 0.102. The van der Waals surface area contributed by atoms with Crippen LogP contribution < -0.4 is 14.8 Å². The molecule has 2 rings (SSSR count). The van der Waals surface area contributed by atoms with Gasteiger partial charge in [-0.05, 0) is 42.8 Å². The van der Waals surface area contributed by atoms with Crippen LogP contribution >= 0.6 is 0 Å². The maximum Gasteiger partial charge on any atom is 0.255 e. The summed E-state index contributed by atoms with van der Waals surface area (Å²) in [6, 6.07) is 14.5. The molecule has 1 N–H and O–H groups in total. The highest BCUT2D eigenvalue weighted by atomic mass is 16.5. The Balaban J connectivity index is 1.84. The third-order valence-corrected chi connectivity index (χ3v) is 3.96. The zero-order chi connectivity index (χ0) is 17.9. The molecule has 4 nitrogen and oxygen atoms in total. The first-order valence-corrected chi connectivity index (χ1v) is 8.91. The van der Waals surface area contributed by atoms with Gasteiger partial charge in [-0.25, -0.2) is 0 Å². The number of carbonyl (C=O) groups is 1. The summed E-state index contributed by atoms with van der Waals surface area (Å²) < 4.78 is 10.9. The third kappa shape index (κ3) is 6.49. The average Bonchev–Trinajstić information content (AvgIpc) is 2.65. The number of unbranched alkanes of at least 4 members (excludes halogenated alkanes) is 4. The van der Waals surface area contributed by atoms with Gasteiger partial charge in [0.15, 0.2) is 0 Å². The third-order valence-electron chi connectivity index (χ3n) is 3.96. The number of ether oxygens (including phenoxy) is 2. The second-order valence-corrected chi connectivity index (χ2v) is 5.97. The van der Waals surface area contributed by atoms with Gasteiger partial charge in [-0.2, -0.15) is 0 Å². The van der Waals surface area contributed by atoms with Crippen molar-refractivity contribution in [3.05, 3.63) is 54.1 Å². The molecule has 0 aliphatic rings. The molecule has 1 amide bonds. The zero-order valence-corrected chi connectivity index (χ0v) is 15.1. The van der Waals surface area contributed by atoms with Crippen LogP contribution in [-0.2, 0) is 0 Å². The first-order valence-electron chi connectivity index (χ1n) is 8.91. The van der Waals surface area contributed by atoms with E-state index < -0.39 is 0 Å². The van der Waals surface area contributed by atoms with Crippen LogP contribution in [0, 0.1) is 0 Å². The van der Waals surface area contributed by atoms with Crippen LogP contribution in [-0.4, -0.2) is 19.6 Å². The average molecular weight is 341 g/mol. The van der Waals surface area contributed by atoms with Crippen LogP contribution in [0.1, 0.15) is 49.4 Å². The Kier molecular flexibility index (Phi) is 7.83. The van der Waals surface area contributed by atoms with Crippen LogP contribution in [0.4, 0.5) is 5.69 Å². The molecule has 4 heteroatoms. The summed E-state index contributed by atoms with van der Waals surface area (Å²) in [5.74, 6) is 1.35. The van der Waals surface area contributed by atoms with Crippen molar-refractivity contribution in [1.82, 2.24) is 0 Å². The number of anilines is 1. The van der Waals surface area contributed by atoms with Crippen molar-refractivity contribution in [3.63, 3.8) is 0 Å². The number of nitrogens with one attached hydrogen (secondary N) is 1. The molecule has 0 saturated heterocycles. The molecule has 2 aromatic carbocycles. The molecule has 0 aliphatic heterocycles. The molecule has 2 aromatic rings. The number of benzene rings is 2. The predicted molar refractivity (Wildman–Crippen MR) is 102 cm³/mol. The minimum Gasteiger partial charge on any atom is -0.497 e. The van der Waals surface area contributed by atoms with Gasteiger partial charge in [0.1, 0.15) is 11.5 Å². The Bertz CT molecular complexity index is 652. The molecule has 0 aliphatic carbocycles. The minimum absolute atomic E-state index is 0.153. The van der Waals surface area contributed by atoms with Gasteiger partial charge in [-0.15, -0.1) is 0 Å². The molecule has 25 heavy (non-hydrogen) atoms. The Hall–Kier alpha value is -2.49. The van der Waals surface area contributed by atoms with Gasteiger partial charge >= 0.3 is 0 Å². The van der Waals surface area contributed by atoms with E-state index in [4.69, 9.17) is 9.47 Å². The van der Waals surface area contributed by atoms with Crippen molar-refractivity contribution < 1.29 is 14.3 Å². The van der Waals surface area contributed by atoms with E-state index in [1.807, 2.05) is 24.3 Å². The Morgan fingerprint density at radius 1 is 0.960 bits per heavy atom. The fourth-order valence-electron chi connectivity index (χ4n) is 2.50. The largest absolute Gasteiger partial charge is 0.497 e. The SMILES string of the molecule is CCCCCCCOc1cccc(NC(=O)c2ccc(OC)cc2)c1. The van der Waals surface area contributed by atoms with E-state index in [1.165, 1.54) is 25.7 Å². The Morgan fingerprint density at radius 2 is 1.72 bits per heavy atom. The smallest absolute Gasteiger partial charge is 0.255 e. The first-order chi connectivity index (χ1) is 12.2. The topological polar surface area (TPSA) is 47.6 Å². The lowest BCUT2D eigenvalue weighted by atomic mass is 10.2. The zero-order valence-electron chi connectivity index (χ0n) is 15.1. The molecular formula is C21H27NO3. The molecular weight excluding hydrogens is 314 g/mol.